The van der Waals surface area contributed by atoms with Gasteiger partial charge in [0.25, 0.3) is 5.91 Å². The highest BCUT2D eigenvalue weighted by molar-refractivity contribution is 6.38. The number of benzene rings is 3. The van der Waals surface area contributed by atoms with Crippen molar-refractivity contribution < 1.29 is 19.1 Å². The van der Waals surface area contributed by atoms with Crippen molar-refractivity contribution in [1.29, 1.82) is 0 Å². The third-order valence-corrected chi connectivity index (χ3v) is 8.25. The highest BCUT2D eigenvalue weighted by atomic mass is 35.5. The summed E-state index contributed by atoms with van der Waals surface area (Å²) in [6.07, 6.45) is 4.49. The predicted molar refractivity (Wildman–Crippen MR) is 150 cm³/mol. The number of rotatable bonds is 6. The molecule has 1 unspecified atom stereocenters. The van der Waals surface area contributed by atoms with Gasteiger partial charge in [0.2, 0.25) is 5.91 Å². The lowest BCUT2D eigenvalue weighted by Gasteiger charge is -2.40. The average molecular weight is 553 g/mol. The fraction of sp³-hybridized carbons (Fsp3) is 0.333. The smallest absolute Gasteiger partial charge is 0.259 e. The number of carbonyl (C=O) groups is 2. The van der Waals surface area contributed by atoms with Crippen LogP contribution in [0, 0.1) is 0 Å². The SMILES string of the molecule is COc1ccc(C(=O)N2c3c(Cl)cc(Cl)cc3C3(CCCCC3)C2C(=O)NCc2ccccc2)cc1OC. The molecule has 1 spiro atoms. The number of fused-ring (bicyclic) bond motifs is 2. The summed E-state index contributed by atoms with van der Waals surface area (Å²) in [6, 6.07) is 17.5. The van der Waals surface area contributed by atoms with Crippen LogP contribution < -0.4 is 19.7 Å². The lowest BCUT2D eigenvalue weighted by molar-refractivity contribution is -0.124. The van der Waals surface area contributed by atoms with Crippen LogP contribution in [0.3, 0.4) is 0 Å². The first-order chi connectivity index (χ1) is 18.4. The molecular formula is C30H30Cl2N2O4. The Morgan fingerprint density at radius 2 is 1.66 bits per heavy atom. The zero-order chi connectivity index (χ0) is 26.9. The van der Waals surface area contributed by atoms with Gasteiger partial charge in [-0.05, 0) is 54.3 Å². The molecule has 5 rings (SSSR count). The number of anilines is 1. The Morgan fingerprint density at radius 3 is 2.34 bits per heavy atom. The predicted octanol–water partition coefficient (Wildman–Crippen LogP) is 6.56. The molecule has 6 nitrogen and oxygen atoms in total. The number of halogens is 2. The fourth-order valence-electron chi connectivity index (χ4n) is 6.02. The van der Waals surface area contributed by atoms with E-state index in [0.29, 0.717) is 39.3 Å². The summed E-state index contributed by atoms with van der Waals surface area (Å²) in [6.45, 7) is 0.357. The van der Waals surface area contributed by atoms with Crippen LogP contribution >= 0.6 is 23.2 Å². The van der Waals surface area contributed by atoms with E-state index in [1.54, 1.807) is 36.3 Å². The Kier molecular flexibility index (Phi) is 7.55. The molecule has 1 aliphatic heterocycles. The highest BCUT2D eigenvalue weighted by Crippen LogP contribution is 2.56. The van der Waals surface area contributed by atoms with Gasteiger partial charge >= 0.3 is 0 Å². The van der Waals surface area contributed by atoms with E-state index in [2.05, 4.69) is 5.32 Å². The van der Waals surface area contributed by atoms with Gasteiger partial charge in [-0.3, -0.25) is 14.5 Å². The van der Waals surface area contributed by atoms with Gasteiger partial charge in [-0.25, -0.2) is 0 Å². The van der Waals surface area contributed by atoms with Crippen molar-refractivity contribution in [3.05, 3.63) is 87.4 Å². The minimum Gasteiger partial charge on any atom is -0.493 e. The Bertz CT molecular complexity index is 1360. The molecule has 0 bridgehead atoms. The van der Waals surface area contributed by atoms with Crippen LogP contribution in [0.15, 0.2) is 60.7 Å². The third kappa shape index (κ3) is 4.61. The van der Waals surface area contributed by atoms with E-state index >= 15 is 0 Å². The molecule has 1 aliphatic carbocycles. The van der Waals surface area contributed by atoms with Gasteiger partial charge < -0.3 is 14.8 Å². The van der Waals surface area contributed by atoms with Crippen molar-refractivity contribution in [1.82, 2.24) is 5.32 Å². The second-order valence-electron chi connectivity index (χ2n) is 9.85. The number of nitrogens with one attached hydrogen (secondary N) is 1. The summed E-state index contributed by atoms with van der Waals surface area (Å²) in [5.74, 6) is 0.390. The van der Waals surface area contributed by atoms with Crippen LogP contribution in [0.2, 0.25) is 10.0 Å². The average Bonchev–Trinajstić information content (AvgIpc) is 3.21. The van der Waals surface area contributed by atoms with Crippen molar-refractivity contribution in [3.8, 4) is 11.5 Å². The minimum absolute atomic E-state index is 0.215. The number of carbonyl (C=O) groups excluding carboxylic acids is 2. The monoisotopic (exact) mass is 552 g/mol. The second kappa shape index (κ2) is 10.9. The summed E-state index contributed by atoms with van der Waals surface area (Å²) in [4.78, 5) is 30.0. The van der Waals surface area contributed by atoms with E-state index < -0.39 is 11.5 Å². The number of hydrogen-bond acceptors (Lipinski definition) is 4. The van der Waals surface area contributed by atoms with Crippen LogP contribution in [-0.4, -0.2) is 32.1 Å². The Morgan fingerprint density at radius 1 is 0.947 bits per heavy atom. The van der Waals surface area contributed by atoms with Gasteiger partial charge in [-0.1, -0.05) is 72.8 Å². The first kappa shape index (κ1) is 26.4. The third-order valence-electron chi connectivity index (χ3n) is 7.74. The first-order valence-electron chi connectivity index (χ1n) is 12.8. The standard InChI is InChI=1S/C30H30Cl2N2O4/c1-37-24-12-11-20(15-25(24)38-2)29(36)34-26-22(16-21(31)17-23(26)32)30(13-7-4-8-14-30)27(34)28(35)33-18-19-9-5-3-6-10-19/h3,5-6,9-12,15-17,27H,4,7-8,13-14,18H2,1-2H3,(H,33,35). The van der Waals surface area contributed by atoms with Crippen LogP contribution in [0.4, 0.5) is 5.69 Å². The molecule has 3 aromatic carbocycles. The molecule has 0 radical (unpaired) electrons. The van der Waals surface area contributed by atoms with E-state index in [-0.39, 0.29) is 11.8 Å². The maximum Gasteiger partial charge on any atom is 0.259 e. The Balaban J connectivity index is 1.63. The first-order valence-corrected chi connectivity index (χ1v) is 13.5. The van der Waals surface area contributed by atoms with E-state index in [1.807, 2.05) is 36.4 Å². The molecule has 1 N–H and O–H groups in total. The summed E-state index contributed by atoms with van der Waals surface area (Å²) >= 11 is 13.3. The molecule has 8 heteroatoms. The van der Waals surface area contributed by atoms with Crippen molar-refractivity contribution in [2.24, 2.45) is 0 Å². The number of amides is 2. The topological polar surface area (TPSA) is 67.9 Å². The van der Waals surface area contributed by atoms with E-state index in [4.69, 9.17) is 32.7 Å². The lowest BCUT2D eigenvalue weighted by atomic mass is 9.66. The molecule has 2 amide bonds. The molecule has 2 aliphatic rings. The number of ether oxygens (including phenoxy) is 2. The summed E-state index contributed by atoms with van der Waals surface area (Å²) in [7, 11) is 3.06. The van der Waals surface area contributed by atoms with Gasteiger partial charge in [0.15, 0.2) is 11.5 Å². The lowest BCUT2D eigenvalue weighted by Crippen LogP contribution is -2.56. The molecule has 0 aromatic heterocycles. The maximum absolute atomic E-state index is 14.3. The Labute approximate surface area is 232 Å². The van der Waals surface area contributed by atoms with Crippen LogP contribution in [0.5, 0.6) is 11.5 Å². The van der Waals surface area contributed by atoms with Gasteiger partial charge in [0, 0.05) is 22.5 Å². The summed E-state index contributed by atoms with van der Waals surface area (Å²) in [5.41, 5.74) is 2.18. The quantitative estimate of drug-likeness (QED) is 0.376. The molecule has 1 atom stereocenters. The fourth-order valence-corrected chi connectivity index (χ4v) is 6.60. The van der Waals surface area contributed by atoms with Crippen LogP contribution in [0.1, 0.15) is 53.6 Å². The van der Waals surface area contributed by atoms with Gasteiger partial charge in [0.1, 0.15) is 6.04 Å². The van der Waals surface area contributed by atoms with Crippen molar-refractivity contribution in [2.45, 2.75) is 50.1 Å². The highest BCUT2D eigenvalue weighted by Gasteiger charge is 2.57. The van der Waals surface area contributed by atoms with E-state index in [9.17, 15) is 9.59 Å². The largest absolute Gasteiger partial charge is 0.493 e. The molecule has 1 fully saturated rings. The van der Waals surface area contributed by atoms with E-state index in [1.165, 1.54) is 7.11 Å². The number of nitrogens with zero attached hydrogens (tertiary/aromatic N) is 1. The van der Waals surface area contributed by atoms with Gasteiger partial charge in [-0.2, -0.15) is 0 Å². The molecule has 1 heterocycles. The van der Waals surface area contributed by atoms with Crippen molar-refractivity contribution in [2.75, 3.05) is 19.1 Å². The van der Waals surface area contributed by atoms with E-state index in [0.717, 1.165) is 43.2 Å². The van der Waals surface area contributed by atoms with Gasteiger partial charge in [-0.15, -0.1) is 0 Å². The van der Waals surface area contributed by atoms with Crippen molar-refractivity contribution in [3.63, 3.8) is 0 Å². The second-order valence-corrected chi connectivity index (χ2v) is 10.7. The van der Waals surface area contributed by atoms with Crippen LogP contribution in [-0.2, 0) is 16.8 Å². The normalized spacial score (nSPS) is 17.7. The van der Waals surface area contributed by atoms with Crippen LogP contribution in [0.25, 0.3) is 0 Å². The molecule has 0 saturated heterocycles. The molecular weight excluding hydrogens is 523 g/mol. The van der Waals surface area contributed by atoms with Crippen molar-refractivity contribution >= 4 is 40.7 Å². The molecule has 3 aromatic rings. The zero-order valence-corrected chi connectivity index (χ0v) is 22.9. The molecule has 198 valence electrons. The number of hydrogen-bond donors (Lipinski definition) is 1. The number of methoxy groups -OCH3 is 2. The minimum atomic E-state index is -0.780. The van der Waals surface area contributed by atoms with Gasteiger partial charge in [0.05, 0.1) is 24.9 Å². The Hall–Kier alpha value is -3.22. The summed E-state index contributed by atoms with van der Waals surface area (Å²) in [5, 5.41) is 3.94. The summed E-state index contributed by atoms with van der Waals surface area (Å²) < 4.78 is 10.8. The molecule has 1 saturated carbocycles. The molecule has 38 heavy (non-hydrogen) atoms. The zero-order valence-electron chi connectivity index (χ0n) is 21.4. The maximum atomic E-state index is 14.3.